The number of nitrogens with one attached hydrogen (secondary N) is 1. The summed E-state index contributed by atoms with van der Waals surface area (Å²) in [4.78, 5) is 14.7. The summed E-state index contributed by atoms with van der Waals surface area (Å²) in [6.45, 7) is 0.402. The SMILES string of the molecule is O=C([O-])c1csc(Nc2cc(Cl)ccc2OCc2ccccc2)n1. The molecule has 24 heavy (non-hydrogen) atoms. The average Bonchev–Trinajstić information content (AvgIpc) is 3.04. The lowest BCUT2D eigenvalue weighted by molar-refractivity contribution is -0.255. The van der Waals surface area contributed by atoms with E-state index in [9.17, 15) is 9.90 Å². The maximum atomic E-state index is 10.8. The van der Waals surface area contributed by atoms with Gasteiger partial charge in [-0.2, -0.15) is 0 Å². The van der Waals surface area contributed by atoms with Crippen molar-refractivity contribution in [3.63, 3.8) is 0 Å². The molecule has 2 aromatic carbocycles. The Morgan fingerprint density at radius 2 is 2.04 bits per heavy atom. The van der Waals surface area contributed by atoms with Crippen molar-refractivity contribution in [1.82, 2.24) is 4.98 Å². The number of aromatic nitrogens is 1. The second kappa shape index (κ2) is 7.33. The third-order valence-electron chi connectivity index (χ3n) is 3.13. The normalized spacial score (nSPS) is 10.4. The van der Waals surface area contributed by atoms with Gasteiger partial charge in [0, 0.05) is 10.4 Å². The fourth-order valence-corrected chi connectivity index (χ4v) is 2.87. The number of halogens is 1. The zero-order chi connectivity index (χ0) is 16.9. The maximum absolute atomic E-state index is 10.8. The fraction of sp³-hybridized carbons (Fsp3) is 0.0588. The Hall–Kier alpha value is -2.57. The molecule has 0 aliphatic carbocycles. The monoisotopic (exact) mass is 359 g/mol. The summed E-state index contributed by atoms with van der Waals surface area (Å²) in [7, 11) is 0. The molecule has 3 rings (SSSR count). The predicted octanol–water partition coefficient (Wildman–Crippen LogP) is 3.48. The largest absolute Gasteiger partial charge is 0.543 e. The van der Waals surface area contributed by atoms with Crippen molar-refractivity contribution < 1.29 is 14.6 Å². The number of rotatable bonds is 6. The zero-order valence-electron chi connectivity index (χ0n) is 12.4. The van der Waals surface area contributed by atoms with Crippen LogP contribution in [0.2, 0.25) is 5.02 Å². The first-order chi connectivity index (χ1) is 11.6. The lowest BCUT2D eigenvalue weighted by Crippen LogP contribution is -2.22. The van der Waals surface area contributed by atoms with Gasteiger partial charge in [-0.1, -0.05) is 41.9 Å². The van der Waals surface area contributed by atoms with Crippen molar-refractivity contribution in [2.45, 2.75) is 6.61 Å². The number of carbonyl (C=O) groups excluding carboxylic acids is 1. The average molecular weight is 360 g/mol. The van der Waals surface area contributed by atoms with Crippen LogP contribution in [0.3, 0.4) is 0 Å². The highest BCUT2D eigenvalue weighted by Gasteiger charge is 2.09. The van der Waals surface area contributed by atoms with Gasteiger partial charge in [0.2, 0.25) is 0 Å². The second-order valence-corrected chi connectivity index (χ2v) is 6.16. The number of nitrogens with zero attached hydrogens (tertiary/aromatic N) is 1. The topological polar surface area (TPSA) is 74.3 Å². The van der Waals surface area contributed by atoms with E-state index in [4.69, 9.17) is 16.3 Å². The first kappa shape index (κ1) is 16.3. The van der Waals surface area contributed by atoms with Gasteiger partial charge in [-0.15, -0.1) is 11.3 Å². The Labute approximate surface area is 147 Å². The summed E-state index contributed by atoms with van der Waals surface area (Å²) in [5.41, 5.74) is 1.53. The van der Waals surface area contributed by atoms with E-state index in [1.807, 2.05) is 30.3 Å². The van der Waals surface area contributed by atoms with Gasteiger partial charge in [-0.05, 0) is 23.8 Å². The molecule has 1 aromatic heterocycles. The van der Waals surface area contributed by atoms with Gasteiger partial charge in [0.05, 0.1) is 17.4 Å². The second-order valence-electron chi connectivity index (χ2n) is 4.87. The van der Waals surface area contributed by atoms with Crippen molar-refractivity contribution >= 4 is 39.7 Å². The smallest absolute Gasteiger partial charge is 0.187 e. The van der Waals surface area contributed by atoms with Crippen LogP contribution in [0.25, 0.3) is 0 Å². The molecule has 0 fully saturated rings. The van der Waals surface area contributed by atoms with Crippen LogP contribution in [-0.4, -0.2) is 11.0 Å². The molecular formula is C17H12ClN2O3S-. The summed E-state index contributed by atoms with van der Waals surface area (Å²) in [5.74, 6) is -0.723. The quantitative estimate of drug-likeness (QED) is 0.729. The minimum atomic E-state index is -1.31. The molecule has 0 radical (unpaired) electrons. The lowest BCUT2D eigenvalue weighted by Gasteiger charge is -2.12. The number of carboxylic acid groups (broad SMARTS) is 1. The van der Waals surface area contributed by atoms with Crippen LogP contribution in [-0.2, 0) is 6.61 Å². The molecule has 0 saturated carbocycles. The third-order valence-corrected chi connectivity index (χ3v) is 4.13. The molecule has 122 valence electrons. The molecule has 0 unspecified atom stereocenters. The van der Waals surface area contributed by atoms with Gasteiger partial charge in [0.25, 0.3) is 0 Å². The standard InChI is InChI=1S/C17H13ClN2O3S/c18-12-6-7-15(23-9-11-4-2-1-3-5-11)13(8-12)19-17-20-14(10-24-17)16(21)22/h1-8,10H,9H2,(H,19,20)(H,21,22)/p-1. The van der Waals surface area contributed by atoms with Gasteiger partial charge in [-0.3, -0.25) is 0 Å². The Bertz CT molecular complexity index is 852. The van der Waals surface area contributed by atoms with E-state index < -0.39 is 5.97 Å². The lowest BCUT2D eigenvalue weighted by atomic mass is 10.2. The van der Waals surface area contributed by atoms with Crippen molar-refractivity contribution in [3.8, 4) is 5.75 Å². The van der Waals surface area contributed by atoms with Crippen LogP contribution in [0.5, 0.6) is 5.75 Å². The van der Waals surface area contributed by atoms with Crippen LogP contribution in [0.15, 0.2) is 53.9 Å². The highest BCUT2D eigenvalue weighted by atomic mass is 35.5. The molecule has 0 amide bonds. The van der Waals surface area contributed by atoms with Gasteiger partial charge in [-0.25, -0.2) is 4.98 Å². The van der Waals surface area contributed by atoms with E-state index in [2.05, 4.69) is 10.3 Å². The molecular weight excluding hydrogens is 348 g/mol. The molecule has 3 aromatic rings. The number of ether oxygens (including phenoxy) is 1. The molecule has 0 spiro atoms. The number of hydrogen-bond donors (Lipinski definition) is 1. The van der Waals surface area contributed by atoms with E-state index in [0.29, 0.717) is 28.2 Å². The molecule has 1 heterocycles. The molecule has 1 N–H and O–H groups in total. The summed E-state index contributed by atoms with van der Waals surface area (Å²) in [5, 5.41) is 16.2. The molecule has 0 atom stereocenters. The van der Waals surface area contributed by atoms with Crippen LogP contribution in [0.1, 0.15) is 16.1 Å². The van der Waals surface area contributed by atoms with Crippen LogP contribution in [0.4, 0.5) is 10.8 Å². The van der Waals surface area contributed by atoms with Gasteiger partial charge in [0.1, 0.15) is 12.4 Å². The van der Waals surface area contributed by atoms with Crippen molar-refractivity contribution in [2.24, 2.45) is 0 Å². The number of benzene rings is 2. The van der Waals surface area contributed by atoms with Crippen molar-refractivity contribution in [2.75, 3.05) is 5.32 Å². The molecule has 0 saturated heterocycles. The number of hydrogen-bond acceptors (Lipinski definition) is 6. The predicted molar refractivity (Wildman–Crippen MR) is 92.0 cm³/mol. The van der Waals surface area contributed by atoms with E-state index in [1.165, 1.54) is 5.38 Å². The molecule has 0 aliphatic heterocycles. The number of carbonyl (C=O) groups is 1. The Kier molecular flexibility index (Phi) is 4.98. The summed E-state index contributed by atoms with van der Waals surface area (Å²) in [6, 6.07) is 14.9. The summed E-state index contributed by atoms with van der Waals surface area (Å²) in [6.07, 6.45) is 0. The highest BCUT2D eigenvalue weighted by molar-refractivity contribution is 7.14. The molecule has 0 aliphatic rings. The maximum Gasteiger partial charge on any atom is 0.187 e. The molecule has 0 bridgehead atoms. The van der Waals surface area contributed by atoms with Gasteiger partial charge >= 0.3 is 0 Å². The minimum absolute atomic E-state index is 0.115. The van der Waals surface area contributed by atoms with Crippen LogP contribution < -0.4 is 15.2 Å². The third kappa shape index (κ3) is 4.04. The van der Waals surface area contributed by atoms with E-state index in [1.54, 1.807) is 18.2 Å². The fourth-order valence-electron chi connectivity index (χ4n) is 2.00. The van der Waals surface area contributed by atoms with Gasteiger partial charge < -0.3 is 20.0 Å². The number of aromatic carboxylic acids is 1. The van der Waals surface area contributed by atoms with Gasteiger partial charge in [0.15, 0.2) is 5.13 Å². The van der Waals surface area contributed by atoms with E-state index in [-0.39, 0.29) is 5.69 Å². The first-order valence-corrected chi connectivity index (χ1v) is 8.28. The zero-order valence-corrected chi connectivity index (χ0v) is 13.9. The summed E-state index contributed by atoms with van der Waals surface area (Å²) >= 11 is 7.20. The molecule has 5 nitrogen and oxygen atoms in total. The van der Waals surface area contributed by atoms with Crippen LogP contribution in [0, 0.1) is 0 Å². The van der Waals surface area contributed by atoms with Crippen LogP contribution >= 0.6 is 22.9 Å². The summed E-state index contributed by atoms with van der Waals surface area (Å²) < 4.78 is 5.83. The Morgan fingerprint density at radius 1 is 1.25 bits per heavy atom. The Balaban J connectivity index is 1.78. The number of anilines is 2. The van der Waals surface area contributed by atoms with Crippen molar-refractivity contribution in [1.29, 1.82) is 0 Å². The number of carboxylic acids is 1. The van der Waals surface area contributed by atoms with E-state index >= 15 is 0 Å². The highest BCUT2D eigenvalue weighted by Crippen LogP contribution is 2.32. The number of thiazole rings is 1. The first-order valence-electron chi connectivity index (χ1n) is 7.02. The Morgan fingerprint density at radius 3 is 2.75 bits per heavy atom. The molecule has 7 heteroatoms. The van der Waals surface area contributed by atoms with E-state index in [0.717, 1.165) is 16.9 Å². The van der Waals surface area contributed by atoms with Crippen molar-refractivity contribution in [3.05, 3.63) is 70.2 Å². The minimum Gasteiger partial charge on any atom is -0.543 e.